The van der Waals surface area contributed by atoms with E-state index in [1.54, 1.807) is 6.07 Å². The van der Waals surface area contributed by atoms with Gasteiger partial charge >= 0.3 is 0 Å². The average Bonchev–Trinajstić information content (AvgIpc) is 2.20. The molecule has 0 amide bonds. The van der Waals surface area contributed by atoms with Gasteiger partial charge in [0.25, 0.3) is 0 Å². The van der Waals surface area contributed by atoms with Crippen molar-refractivity contribution in [3.05, 3.63) is 28.5 Å². The fourth-order valence-corrected chi connectivity index (χ4v) is 1.64. The molecule has 0 bridgehead atoms. The first-order valence-electron chi connectivity index (χ1n) is 5.41. The van der Waals surface area contributed by atoms with Gasteiger partial charge in [0.15, 0.2) is 0 Å². The lowest BCUT2D eigenvalue weighted by atomic mass is 10.1. The van der Waals surface area contributed by atoms with Crippen LogP contribution in [0.3, 0.4) is 0 Å². The van der Waals surface area contributed by atoms with E-state index in [4.69, 9.17) is 22.1 Å². The highest BCUT2D eigenvalue weighted by Gasteiger charge is 2.10. The van der Waals surface area contributed by atoms with Gasteiger partial charge in [-0.25, -0.2) is 4.39 Å². The second-order valence-electron chi connectivity index (χ2n) is 3.90. The molecular weight excluding hydrogens is 264 g/mol. The first-order valence-corrected chi connectivity index (χ1v) is 5.78. The predicted molar refractivity (Wildman–Crippen MR) is 71.8 cm³/mol. The molecule has 2 N–H and O–H groups in total. The summed E-state index contributed by atoms with van der Waals surface area (Å²) < 4.78 is 18.9. The first-order chi connectivity index (χ1) is 7.54. The number of ether oxygens (including phenoxy) is 1. The fourth-order valence-electron chi connectivity index (χ4n) is 1.40. The van der Waals surface area contributed by atoms with E-state index in [1.165, 1.54) is 6.07 Å². The number of rotatable bonds is 5. The van der Waals surface area contributed by atoms with Crippen molar-refractivity contribution in [1.82, 2.24) is 0 Å². The molecule has 0 radical (unpaired) electrons. The molecule has 0 fully saturated rings. The van der Waals surface area contributed by atoms with Crippen LogP contribution in [0.4, 0.5) is 4.39 Å². The molecule has 0 aliphatic rings. The van der Waals surface area contributed by atoms with Crippen molar-refractivity contribution < 1.29 is 9.13 Å². The molecule has 1 aromatic rings. The lowest BCUT2D eigenvalue weighted by Gasteiger charge is -2.11. The summed E-state index contributed by atoms with van der Waals surface area (Å²) in [5.41, 5.74) is 6.15. The van der Waals surface area contributed by atoms with Gasteiger partial charge in [-0.1, -0.05) is 18.5 Å². The van der Waals surface area contributed by atoms with Gasteiger partial charge in [0.1, 0.15) is 11.6 Å². The summed E-state index contributed by atoms with van der Waals surface area (Å²) in [6, 6.07) is 2.83. The Bertz CT molecular complexity index is 359. The van der Waals surface area contributed by atoms with E-state index in [-0.39, 0.29) is 24.3 Å². The minimum absolute atomic E-state index is 0. The van der Waals surface area contributed by atoms with Crippen molar-refractivity contribution >= 4 is 24.0 Å². The van der Waals surface area contributed by atoms with Crippen LogP contribution in [0.15, 0.2) is 12.1 Å². The van der Waals surface area contributed by atoms with Crippen molar-refractivity contribution in [2.75, 3.05) is 6.61 Å². The third-order valence-corrected chi connectivity index (χ3v) is 2.40. The maximum absolute atomic E-state index is 13.6. The molecule has 0 heterocycles. The molecule has 1 unspecified atom stereocenters. The molecule has 17 heavy (non-hydrogen) atoms. The number of halogens is 3. The molecular formula is C12H18Cl2FNO. The van der Waals surface area contributed by atoms with E-state index in [2.05, 4.69) is 0 Å². The SMILES string of the molecule is CCCOc1cc(F)c(CC(C)N)cc1Cl.Cl. The van der Waals surface area contributed by atoms with Crippen LogP contribution >= 0.6 is 24.0 Å². The topological polar surface area (TPSA) is 35.2 Å². The lowest BCUT2D eigenvalue weighted by molar-refractivity contribution is 0.315. The zero-order valence-electron chi connectivity index (χ0n) is 10.0. The molecule has 2 nitrogen and oxygen atoms in total. The monoisotopic (exact) mass is 281 g/mol. The molecule has 1 atom stereocenters. The van der Waals surface area contributed by atoms with Crippen molar-refractivity contribution in [3.63, 3.8) is 0 Å². The summed E-state index contributed by atoms with van der Waals surface area (Å²) in [6.45, 7) is 4.34. The van der Waals surface area contributed by atoms with E-state index in [0.717, 1.165) is 6.42 Å². The molecule has 0 aliphatic carbocycles. The molecule has 0 saturated heterocycles. The van der Waals surface area contributed by atoms with Gasteiger partial charge in [-0.05, 0) is 31.4 Å². The van der Waals surface area contributed by atoms with Gasteiger partial charge in [0, 0.05) is 12.1 Å². The number of nitrogens with two attached hydrogens (primary N) is 1. The van der Waals surface area contributed by atoms with Crippen LogP contribution in [0.2, 0.25) is 5.02 Å². The molecule has 98 valence electrons. The molecule has 0 spiro atoms. The standard InChI is InChI=1S/C12H17ClFNO.ClH/c1-3-4-16-12-7-11(14)9(5-8(2)15)6-10(12)13;/h6-8H,3-5,15H2,1-2H3;1H. The minimum atomic E-state index is -0.312. The van der Waals surface area contributed by atoms with Crippen LogP contribution < -0.4 is 10.5 Å². The Balaban J connectivity index is 0.00000256. The van der Waals surface area contributed by atoms with Crippen molar-refractivity contribution in [1.29, 1.82) is 0 Å². The molecule has 5 heteroatoms. The van der Waals surface area contributed by atoms with Crippen molar-refractivity contribution in [2.45, 2.75) is 32.7 Å². The third kappa shape index (κ3) is 5.11. The second kappa shape index (κ2) is 7.75. The van der Waals surface area contributed by atoms with Crippen LogP contribution in [0.1, 0.15) is 25.8 Å². The van der Waals surface area contributed by atoms with Gasteiger partial charge < -0.3 is 10.5 Å². The van der Waals surface area contributed by atoms with Gasteiger partial charge in [0.2, 0.25) is 0 Å². The Morgan fingerprint density at radius 2 is 2.12 bits per heavy atom. The van der Waals surface area contributed by atoms with E-state index in [9.17, 15) is 4.39 Å². The summed E-state index contributed by atoms with van der Waals surface area (Å²) in [5, 5.41) is 0.436. The molecule has 0 aliphatic heterocycles. The largest absolute Gasteiger partial charge is 0.492 e. The molecule has 0 aromatic heterocycles. The maximum Gasteiger partial charge on any atom is 0.140 e. The normalized spacial score (nSPS) is 11.8. The highest BCUT2D eigenvalue weighted by Crippen LogP contribution is 2.28. The summed E-state index contributed by atoms with van der Waals surface area (Å²) in [5.74, 6) is 0.0854. The quantitative estimate of drug-likeness (QED) is 0.895. The third-order valence-electron chi connectivity index (χ3n) is 2.10. The van der Waals surface area contributed by atoms with Gasteiger partial charge in [-0.15, -0.1) is 12.4 Å². The second-order valence-corrected chi connectivity index (χ2v) is 4.31. The smallest absolute Gasteiger partial charge is 0.140 e. The van der Waals surface area contributed by atoms with E-state index in [0.29, 0.717) is 29.4 Å². The van der Waals surface area contributed by atoms with Crippen LogP contribution in [-0.4, -0.2) is 12.6 Å². The Hall–Kier alpha value is -0.510. The van der Waals surface area contributed by atoms with Crippen molar-refractivity contribution in [2.24, 2.45) is 5.73 Å². The number of benzene rings is 1. The summed E-state index contributed by atoms with van der Waals surface area (Å²) in [6.07, 6.45) is 1.33. The van der Waals surface area contributed by atoms with Gasteiger partial charge in [0.05, 0.1) is 11.6 Å². The summed E-state index contributed by atoms with van der Waals surface area (Å²) >= 11 is 5.99. The van der Waals surface area contributed by atoms with Crippen LogP contribution in [0, 0.1) is 5.82 Å². The van der Waals surface area contributed by atoms with E-state index < -0.39 is 0 Å². The van der Waals surface area contributed by atoms with E-state index in [1.807, 2.05) is 13.8 Å². The number of hydrogen-bond acceptors (Lipinski definition) is 2. The van der Waals surface area contributed by atoms with Crippen LogP contribution in [-0.2, 0) is 6.42 Å². The van der Waals surface area contributed by atoms with Crippen LogP contribution in [0.25, 0.3) is 0 Å². The zero-order chi connectivity index (χ0) is 12.1. The first kappa shape index (κ1) is 16.5. The Kier molecular flexibility index (Phi) is 7.51. The Morgan fingerprint density at radius 1 is 1.47 bits per heavy atom. The minimum Gasteiger partial charge on any atom is -0.492 e. The maximum atomic E-state index is 13.6. The van der Waals surface area contributed by atoms with E-state index >= 15 is 0 Å². The van der Waals surface area contributed by atoms with Crippen molar-refractivity contribution in [3.8, 4) is 5.75 Å². The summed E-state index contributed by atoms with van der Waals surface area (Å²) in [7, 11) is 0. The highest BCUT2D eigenvalue weighted by molar-refractivity contribution is 6.32. The summed E-state index contributed by atoms with van der Waals surface area (Å²) in [4.78, 5) is 0. The molecule has 0 saturated carbocycles. The Morgan fingerprint density at radius 3 is 2.65 bits per heavy atom. The van der Waals surface area contributed by atoms with Crippen LogP contribution in [0.5, 0.6) is 5.75 Å². The number of hydrogen-bond donors (Lipinski definition) is 1. The zero-order valence-corrected chi connectivity index (χ0v) is 11.6. The highest BCUT2D eigenvalue weighted by atomic mass is 35.5. The lowest BCUT2D eigenvalue weighted by Crippen LogP contribution is -2.18. The molecule has 1 aromatic carbocycles. The van der Waals surface area contributed by atoms with Gasteiger partial charge in [-0.2, -0.15) is 0 Å². The molecule has 1 rings (SSSR count). The van der Waals surface area contributed by atoms with Gasteiger partial charge in [-0.3, -0.25) is 0 Å². The average molecular weight is 282 g/mol. The fraction of sp³-hybridized carbons (Fsp3) is 0.500. The Labute approximate surface area is 113 Å². The predicted octanol–water partition coefficient (Wildman–Crippen LogP) is 3.58.